The van der Waals surface area contributed by atoms with Gasteiger partial charge in [0.2, 0.25) is 0 Å². The van der Waals surface area contributed by atoms with Crippen molar-refractivity contribution in [2.45, 2.75) is 10.4 Å². The molecule has 1 aliphatic rings. The molecule has 1 aliphatic heterocycles. The minimum Gasteiger partial charge on any atom is -0.495 e. The number of ether oxygens (including phenoxy) is 1. The van der Waals surface area contributed by atoms with Gasteiger partial charge < -0.3 is 10.5 Å². The fourth-order valence-electron chi connectivity index (χ4n) is 3.75. The third-order valence-corrected chi connectivity index (χ3v) is 7.60. The molecule has 12 heteroatoms. The number of rotatable bonds is 5. The number of non-ortho nitro benzene ring substituents is 1. The Kier molecular flexibility index (Phi) is 5.57. The Bertz CT molecular complexity index is 1430. The van der Waals surface area contributed by atoms with Crippen LogP contribution in [-0.2, 0) is 20.4 Å². The summed E-state index contributed by atoms with van der Waals surface area (Å²) in [5, 5.41) is 11.5. The minimum atomic E-state index is -4.62. The van der Waals surface area contributed by atoms with E-state index in [0.717, 1.165) is 25.3 Å². The van der Waals surface area contributed by atoms with Crippen LogP contribution in [0.4, 0.5) is 11.4 Å². The lowest BCUT2D eigenvalue weighted by atomic mass is 9.85. The Hall–Kier alpha value is -3.18. The topological polar surface area (TPSA) is 133 Å². The monoisotopic (exact) mass is 507 g/mol. The van der Waals surface area contributed by atoms with Crippen LogP contribution in [0.5, 0.6) is 5.75 Å². The van der Waals surface area contributed by atoms with Gasteiger partial charge in [0.15, 0.2) is 5.54 Å². The molecule has 0 aliphatic carbocycles. The van der Waals surface area contributed by atoms with E-state index >= 15 is 0 Å². The second-order valence-electron chi connectivity index (χ2n) is 7.12. The molecule has 3 aromatic rings. The Morgan fingerprint density at radius 1 is 1.06 bits per heavy atom. The van der Waals surface area contributed by atoms with E-state index in [1.165, 1.54) is 30.3 Å². The Morgan fingerprint density at radius 3 is 2.39 bits per heavy atom. The highest BCUT2D eigenvalue weighted by Gasteiger charge is 2.55. The molecule has 0 fully saturated rings. The quantitative estimate of drug-likeness (QED) is 0.409. The van der Waals surface area contributed by atoms with Crippen LogP contribution in [0.15, 0.2) is 65.6 Å². The Labute approximate surface area is 198 Å². The first kappa shape index (κ1) is 23.0. The molecule has 1 unspecified atom stereocenters. The molecule has 1 atom stereocenters. The molecule has 0 saturated carbocycles. The van der Waals surface area contributed by atoms with Gasteiger partial charge in [-0.3, -0.25) is 14.9 Å². The number of nitro groups is 1. The number of benzene rings is 3. The highest BCUT2D eigenvalue weighted by atomic mass is 35.5. The number of sulfonamides is 1. The molecule has 9 nitrogen and oxygen atoms in total. The standard InChI is InChI=1S/C21H15Cl2N3O6S/c1-32-18-11-13(26(28)29)7-9-19(18)33(30,31)25-17-8-6-12(22)10-15(17)21(24,20(25)27)14-4-2-3-5-16(14)23/h2-11H,24H2,1H3. The number of carbonyl (C=O) groups excluding carboxylic acids is 1. The second-order valence-corrected chi connectivity index (χ2v) is 9.71. The smallest absolute Gasteiger partial charge is 0.274 e. The number of nitro benzene ring substituents is 1. The SMILES string of the molecule is COc1cc([N+](=O)[O-])ccc1S(=O)(=O)N1C(=O)C(N)(c2ccccc2Cl)c2cc(Cl)ccc21. The first-order valence-electron chi connectivity index (χ1n) is 9.29. The number of halogens is 2. The average molecular weight is 508 g/mol. The summed E-state index contributed by atoms with van der Waals surface area (Å²) >= 11 is 12.5. The predicted molar refractivity (Wildman–Crippen MR) is 122 cm³/mol. The zero-order valence-electron chi connectivity index (χ0n) is 16.9. The molecule has 4 rings (SSSR count). The first-order chi connectivity index (χ1) is 15.5. The van der Waals surface area contributed by atoms with Gasteiger partial charge in [-0.25, -0.2) is 12.7 Å². The van der Waals surface area contributed by atoms with E-state index in [2.05, 4.69) is 0 Å². The Balaban J connectivity index is 1.98. The molecular weight excluding hydrogens is 493 g/mol. The molecule has 3 aromatic carbocycles. The van der Waals surface area contributed by atoms with Crippen LogP contribution in [0, 0.1) is 10.1 Å². The van der Waals surface area contributed by atoms with Gasteiger partial charge in [0.1, 0.15) is 10.6 Å². The van der Waals surface area contributed by atoms with Crippen molar-refractivity contribution < 1.29 is 22.9 Å². The van der Waals surface area contributed by atoms with Gasteiger partial charge >= 0.3 is 0 Å². The van der Waals surface area contributed by atoms with Crippen LogP contribution in [0.3, 0.4) is 0 Å². The number of carbonyl (C=O) groups is 1. The highest BCUT2D eigenvalue weighted by Crippen LogP contribution is 2.48. The lowest BCUT2D eigenvalue weighted by Gasteiger charge is -2.26. The van der Waals surface area contributed by atoms with E-state index in [1.54, 1.807) is 12.1 Å². The fraction of sp³-hybridized carbons (Fsp3) is 0.0952. The van der Waals surface area contributed by atoms with Gasteiger partial charge in [-0.2, -0.15) is 0 Å². The summed E-state index contributed by atoms with van der Waals surface area (Å²) in [7, 11) is -3.46. The number of hydrogen-bond acceptors (Lipinski definition) is 7. The lowest BCUT2D eigenvalue weighted by Crippen LogP contribution is -2.49. The van der Waals surface area contributed by atoms with Crippen LogP contribution in [0.25, 0.3) is 0 Å². The molecule has 170 valence electrons. The van der Waals surface area contributed by atoms with E-state index in [4.69, 9.17) is 33.7 Å². The number of anilines is 1. The summed E-state index contributed by atoms with van der Waals surface area (Å²) in [6, 6.07) is 13.4. The maximum Gasteiger partial charge on any atom is 0.274 e. The maximum atomic E-state index is 13.7. The number of nitrogens with zero attached hydrogens (tertiary/aromatic N) is 2. The summed E-state index contributed by atoms with van der Waals surface area (Å²) in [5.74, 6) is -1.30. The van der Waals surface area contributed by atoms with Gasteiger partial charge in [-0.05, 0) is 30.3 Å². The minimum absolute atomic E-state index is 0.0211. The molecule has 1 amide bonds. The van der Waals surface area contributed by atoms with E-state index in [9.17, 15) is 23.3 Å². The number of methoxy groups -OCH3 is 1. The average Bonchev–Trinajstić information content (AvgIpc) is 3.01. The van der Waals surface area contributed by atoms with Crippen molar-refractivity contribution in [2.24, 2.45) is 5.73 Å². The molecule has 0 saturated heterocycles. The number of hydrogen-bond donors (Lipinski definition) is 1. The third-order valence-electron chi connectivity index (χ3n) is 5.30. The van der Waals surface area contributed by atoms with Gasteiger partial charge in [0.05, 0.1) is 23.8 Å². The Morgan fingerprint density at radius 2 is 1.76 bits per heavy atom. The van der Waals surface area contributed by atoms with Crippen LogP contribution in [-0.4, -0.2) is 26.4 Å². The van der Waals surface area contributed by atoms with Crippen LogP contribution < -0.4 is 14.8 Å². The molecule has 0 aromatic heterocycles. The van der Waals surface area contributed by atoms with Crippen LogP contribution in [0.1, 0.15) is 11.1 Å². The van der Waals surface area contributed by atoms with Crippen molar-refractivity contribution in [3.63, 3.8) is 0 Å². The second kappa shape index (κ2) is 7.99. The molecule has 0 bridgehead atoms. The van der Waals surface area contributed by atoms with Crippen molar-refractivity contribution in [2.75, 3.05) is 11.4 Å². The zero-order chi connectivity index (χ0) is 24.1. The zero-order valence-corrected chi connectivity index (χ0v) is 19.2. The number of nitrogens with two attached hydrogens (primary N) is 1. The van der Waals surface area contributed by atoms with E-state index in [0.29, 0.717) is 4.31 Å². The van der Waals surface area contributed by atoms with Crippen molar-refractivity contribution in [1.29, 1.82) is 0 Å². The molecule has 2 N–H and O–H groups in total. The summed E-state index contributed by atoms with van der Waals surface area (Å²) in [5.41, 5.74) is 4.55. The molecule has 33 heavy (non-hydrogen) atoms. The summed E-state index contributed by atoms with van der Waals surface area (Å²) in [6.07, 6.45) is 0. The highest BCUT2D eigenvalue weighted by molar-refractivity contribution is 7.93. The van der Waals surface area contributed by atoms with Crippen molar-refractivity contribution in [3.8, 4) is 5.75 Å². The van der Waals surface area contributed by atoms with Crippen molar-refractivity contribution in [3.05, 3.63) is 92.0 Å². The lowest BCUT2D eigenvalue weighted by molar-refractivity contribution is -0.385. The summed E-state index contributed by atoms with van der Waals surface area (Å²) < 4.78 is 33.0. The number of amides is 1. The molecule has 0 spiro atoms. The van der Waals surface area contributed by atoms with Crippen molar-refractivity contribution >= 4 is 50.5 Å². The first-order valence-corrected chi connectivity index (χ1v) is 11.5. The van der Waals surface area contributed by atoms with Crippen LogP contribution in [0.2, 0.25) is 10.0 Å². The van der Waals surface area contributed by atoms with Gasteiger partial charge in [0.25, 0.3) is 21.6 Å². The summed E-state index contributed by atoms with van der Waals surface area (Å²) in [4.78, 5) is 23.7. The van der Waals surface area contributed by atoms with Gasteiger partial charge in [0, 0.05) is 27.2 Å². The van der Waals surface area contributed by atoms with Crippen LogP contribution >= 0.6 is 23.2 Å². The predicted octanol–water partition coefficient (Wildman–Crippen LogP) is 3.85. The van der Waals surface area contributed by atoms with E-state index in [1.807, 2.05) is 0 Å². The van der Waals surface area contributed by atoms with E-state index < -0.39 is 31.3 Å². The summed E-state index contributed by atoms with van der Waals surface area (Å²) in [6.45, 7) is 0. The largest absolute Gasteiger partial charge is 0.495 e. The van der Waals surface area contributed by atoms with E-state index in [-0.39, 0.29) is 38.3 Å². The van der Waals surface area contributed by atoms with Gasteiger partial charge in [-0.15, -0.1) is 0 Å². The normalized spacial score (nSPS) is 17.7. The van der Waals surface area contributed by atoms with Gasteiger partial charge in [-0.1, -0.05) is 41.4 Å². The number of fused-ring (bicyclic) bond motifs is 1. The van der Waals surface area contributed by atoms with Crippen molar-refractivity contribution in [1.82, 2.24) is 0 Å². The molecule has 1 heterocycles. The third kappa shape index (κ3) is 3.42. The molecular formula is C21H15Cl2N3O6S. The maximum absolute atomic E-state index is 13.7. The fourth-order valence-corrected chi connectivity index (χ4v) is 5.82. The molecule has 0 radical (unpaired) electrons.